The lowest BCUT2D eigenvalue weighted by atomic mass is 10.1. The highest BCUT2D eigenvalue weighted by Gasteiger charge is 2.44. The molecule has 2 fully saturated rings. The summed E-state index contributed by atoms with van der Waals surface area (Å²) in [6.07, 6.45) is 1.17. The molecule has 0 N–H and O–H groups in total. The Hall–Kier alpha value is 0.234. The zero-order chi connectivity index (χ0) is 18.3. The smallest absolute Gasteiger partial charge is 0.381 e. The maximum absolute atomic E-state index is 5.82. The molecule has 148 valence electrons. The van der Waals surface area contributed by atoms with Gasteiger partial charge in [-0.15, -0.1) is 0 Å². The molecule has 1 spiro atoms. The second-order valence-electron chi connectivity index (χ2n) is 9.19. The van der Waals surface area contributed by atoms with Crippen molar-refractivity contribution in [2.75, 3.05) is 39.6 Å². The molecule has 2 aliphatic rings. The zero-order valence-electron chi connectivity index (χ0n) is 16.8. The Morgan fingerprint density at radius 1 is 0.960 bits per heavy atom. The van der Waals surface area contributed by atoms with Crippen LogP contribution in [-0.2, 0) is 23.7 Å². The highest BCUT2D eigenvalue weighted by Crippen LogP contribution is 2.31. The monoisotopic (exact) mass is 390 g/mol. The minimum atomic E-state index is -1.25. The van der Waals surface area contributed by atoms with Crippen molar-refractivity contribution in [1.82, 2.24) is 0 Å². The van der Waals surface area contributed by atoms with Crippen LogP contribution in [0.2, 0.25) is 44.8 Å². The molecule has 0 saturated carbocycles. The van der Waals surface area contributed by atoms with Crippen molar-refractivity contribution >= 4 is 16.9 Å². The first-order valence-corrected chi connectivity index (χ1v) is 16.7. The van der Waals surface area contributed by atoms with Gasteiger partial charge >= 0.3 is 6.16 Å². The topological polar surface area (TPSA) is 46.2 Å². The van der Waals surface area contributed by atoms with Gasteiger partial charge in [0.15, 0.2) is 0 Å². The largest absolute Gasteiger partial charge is 0.412 e. The highest BCUT2D eigenvalue weighted by molar-refractivity contribution is 6.76. The molecule has 7 heteroatoms. The average Bonchev–Trinajstić information content (AvgIpc) is 2.54. The molecule has 5 nitrogen and oxygen atoms in total. The van der Waals surface area contributed by atoms with Crippen LogP contribution < -0.4 is 0 Å². The summed E-state index contributed by atoms with van der Waals surface area (Å²) in [5.74, 6) is 0.719. The summed E-state index contributed by atoms with van der Waals surface area (Å²) >= 11 is 0. The van der Waals surface area contributed by atoms with E-state index in [0.29, 0.717) is 39.0 Å². The molecule has 0 unspecified atom stereocenters. The highest BCUT2D eigenvalue weighted by atomic mass is 28.3. The summed E-state index contributed by atoms with van der Waals surface area (Å²) in [6.45, 7) is 16.0. The van der Waals surface area contributed by atoms with E-state index in [9.17, 15) is 0 Å². The fourth-order valence-corrected chi connectivity index (χ4v) is 4.88. The van der Waals surface area contributed by atoms with Gasteiger partial charge in [-0.25, -0.2) is 0 Å². The van der Waals surface area contributed by atoms with Gasteiger partial charge in [0.05, 0.1) is 33.0 Å². The van der Waals surface area contributed by atoms with Crippen LogP contribution in [0, 0.1) is 11.8 Å². The van der Waals surface area contributed by atoms with Crippen LogP contribution >= 0.6 is 0 Å². The minimum Gasteiger partial charge on any atom is -0.381 e. The Kier molecular flexibility index (Phi) is 8.58. The third-order valence-corrected chi connectivity index (χ3v) is 7.96. The van der Waals surface area contributed by atoms with Gasteiger partial charge in [0.1, 0.15) is 0 Å². The van der Waals surface area contributed by atoms with Crippen molar-refractivity contribution < 1.29 is 23.7 Å². The molecule has 25 heavy (non-hydrogen) atoms. The predicted molar refractivity (Wildman–Crippen MR) is 105 cm³/mol. The summed E-state index contributed by atoms with van der Waals surface area (Å²) in [7, 11) is -1.47. The molecule has 2 heterocycles. The molecule has 0 atom stereocenters. The first kappa shape index (κ1) is 21.5. The van der Waals surface area contributed by atoms with E-state index < -0.39 is 23.0 Å². The van der Waals surface area contributed by atoms with E-state index in [2.05, 4.69) is 32.7 Å². The van der Waals surface area contributed by atoms with Crippen molar-refractivity contribution in [2.45, 2.75) is 63.8 Å². The summed E-state index contributed by atoms with van der Waals surface area (Å²) < 4.78 is 28.9. The number of rotatable bonds is 9. The lowest BCUT2D eigenvalue weighted by Crippen LogP contribution is -2.53. The molecule has 0 aromatic carbocycles. The fraction of sp³-hybridized carbons (Fsp3) is 1.00. The molecule has 0 aliphatic carbocycles. The Bertz CT molecular complexity index is 368. The first-order valence-electron chi connectivity index (χ1n) is 9.91. The van der Waals surface area contributed by atoms with E-state index in [0.717, 1.165) is 13.0 Å². The summed E-state index contributed by atoms with van der Waals surface area (Å²) in [5, 5.41) is 0. The lowest BCUT2D eigenvalue weighted by Gasteiger charge is -2.42. The second kappa shape index (κ2) is 9.96. The fourth-order valence-electron chi connectivity index (χ4n) is 2.98. The standard InChI is InChI=1S/C18H38O5Si2/c1-24(2)9-8-19-11-17-14-22-18(23-15-17)20-12-16(13-21-18)7-6-10-25(3,4)5/h16-17,24H,6-15H2,1-5H3. The van der Waals surface area contributed by atoms with E-state index >= 15 is 0 Å². The second-order valence-corrected chi connectivity index (χ2v) is 18.2. The van der Waals surface area contributed by atoms with E-state index in [1.807, 2.05) is 0 Å². The van der Waals surface area contributed by atoms with E-state index in [1.54, 1.807) is 0 Å². The van der Waals surface area contributed by atoms with Gasteiger partial charge in [-0.2, -0.15) is 0 Å². The summed E-state index contributed by atoms with van der Waals surface area (Å²) in [4.78, 5) is 0. The van der Waals surface area contributed by atoms with Crippen LogP contribution in [0.15, 0.2) is 0 Å². The predicted octanol–water partition coefficient (Wildman–Crippen LogP) is 3.55. The maximum atomic E-state index is 5.82. The van der Waals surface area contributed by atoms with Gasteiger partial charge in [0.2, 0.25) is 0 Å². The molecule has 2 rings (SSSR count). The third-order valence-electron chi connectivity index (χ3n) is 4.72. The van der Waals surface area contributed by atoms with Crippen molar-refractivity contribution in [2.24, 2.45) is 11.8 Å². The Labute approximate surface area is 156 Å². The normalized spacial score (nSPS) is 31.0. The molecule has 0 aromatic heterocycles. The van der Waals surface area contributed by atoms with Gasteiger partial charge < -0.3 is 23.7 Å². The van der Waals surface area contributed by atoms with Crippen LogP contribution in [-0.4, -0.2) is 62.7 Å². The quantitative estimate of drug-likeness (QED) is 0.445. The summed E-state index contributed by atoms with van der Waals surface area (Å²) in [6, 6.07) is 2.59. The molecule has 2 aliphatic heterocycles. The third kappa shape index (κ3) is 8.20. The maximum Gasteiger partial charge on any atom is 0.412 e. The molecule has 0 radical (unpaired) electrons. The van der Waals surface area contributed by atoms with Crippen molar-refractivity contribution in [3.05, 3.63) is 0 Å². The number of hydrogen-bond donors (Lipinski definition) is 0. The lowest BCUT2D eigenvalue weighted by molar-refractivity contribution is -0.535. The molecule has 0 bridgehead atoms. The molecule has 0 amide bonds. The van der Waals surface area contributed by atoms with Gasteiger partial charge in [-0.05, 0) is 12.5 Å². The van der Waals surface area contributed by atoms with Crippen LogP contribution in [0.4, 0.5) is 0 Å². The van der Waals surface area contributed by atoms with Crippen molar-refractivity contribution in [3.63, 3.8) is 0 Å². The minimum absolute atomic E-state index is 0.265. The van der Waals surface area contributed by atoms with Gasteiger partial charge in [0, 0.05) is 35.3 Å². The molecular formula is C18H38O5Si2. The zero-order valence-corrected chi connectivity index (χ0v) is 19.0. The average molecular weight is 391 g/mol. The molecule has 2 saturated heterocycles. The van der Waals surface area contributed by atoms with E-state index in [4.69, 9.17) is 23.7 Å². The van der Waals surface area contributed by atoms with Crippen LogP contribution in [0.1, 0.15) is 12.8 Å². The molecular weight excluding hydrogens is 352 g/mol. The summed E-state index contributed by atoms with van der Waals surface area (Å²) in [5.41, 5.74) is 0. The van der Waals surface area contributed by atoms with Crippen LogP contribution in [0.5, 0.6) is 0 Å². The van der Waals surface area contributed by atoms with E-state index in [-0.39, 0.29) is 5.92 Å². The van der Waals surface area contributed by atoms with Crippen LogP contribution in [0.3, 0.4) is 0 Å². The van der Waals surface area contributed by atoms with Crippen molar-refractivity contribution in [3.8, 4) is 0 Å². The first-order chi connectivity index (χ1) is 11.8. The molecule has 0 aromatic rings. The Morgan fingerprint density at radius 3 is 2.04 bits per heavy atom. The Balaban J connectivity index is 1.59. The SMILES string of the molecule is C[SiH](C)CCOCC1COC2(OCC(CCC[Si](C)(C)C)CO2)OC1. The van der Waals surface area contributed by atoms with E-state index in [1.165, 1.54) is 18.5 Å². The number of hydrogen-bond acceptors (Lipinski definition) is 5. The number of ether oxygens (including phenoxy) is 5. The Morgan fingerprint density at radius 2 is 1.52 bits per heavy atom. The van der Waals surface area contributed by atoms with Crippen LogP contribution in [0.25, 0.3) is 0 Å². The van der Waals surface area contributed by atoms with Gasteiger partial charge in [0.25, 0.3) is 0 Å². The van der Waals surface area contributed by atoms with Gasteiger partial charge in [-0.1, -0.05) is 45.2 Å². The van der Waals surface area contributed by atoms with Crippen molar-refractivity contribution in [1.29, 1.82) is 0 Å². The van der Waals surface area contributed by atoms with Gasteiger partial charge in [-0.3, -0.25) is 0 Å².